The number of nitrogens with zero attached hydrogens (tertiary/aromatic N) is 1. The fourth-order valence-corrected chi connectivity index (χ4v) is 2.41. The predicted octanol–water partition coefficient (Wildman–Crippen LogP) is 4.02. The Morgan fingerprint density at radius 3 is 2.52 bits per heavy atom. The highest BCUT2D eigenvalue weighted by Gasteiger charge is 2.08. The maximum atomic E-state index is 13.4. The van der Waals surface area contributed by atoms with Crippen molar-refractivity contribution in [1.82, 2.24) is 10.6 Å². The van der Waals surface area contributed by atoms with Gasteiger partial charge in [-0.2, -0.15) is 0 Å². The van der Waals surface area contributed by atoms with Crippen molar-refractivity contribution < 1.29 is 9.50 Å². The summed E-state index contributed by atoms with van der Waals surface area (Å²) in [5.74, 6) is 0.229. The van der Waals surface area contributed by atoms with Gasteiger partial charge in [0.1, 0.15) is 5.82 Å². The Morgan fingerprint density at radius 2 is 1.92 bits per heavy atom. The molecule has 25 heavy (non-hydrogen) atoms. The van der Waals surface area contributed by atoms with Gasteiger partial charge in [0.05, 0.1) is 12.6 Å². The van der Waals surface area contributed by atoms with Gasteiger partial charge >= 0.3 is 0 Å². The summed E-state index contributed by atoms with van der Waals surface area (Å²) in [6.07, 6.45) is 0. The Morgan fingerprint density at radius 1 is 1.24 bits per heavy atom. The first kappa shape index (κ1) is 21.7. The van der Waals surface area contributed by atoms with E-state index in [1.165, 1.54) is 6.07 Å². The van der Waals surface area contributed by atoms with Crippen LogP contribution in [0, 0.1) is 5.82 Å². The Kier molecular flexibility index (Phi) is 9.16. The molecule has 4 nitrogen and oxygen atoms in total. The number of rotatable bonds is 5. The molecule has 0 aromatic heterocycles. The van der Waals surface area contributed by atoms with Crippen LogP contribution in [-0.2, 0) is 13.2 Å². The van der Waals surface area contributed by atoms with Crippen molar-refractivity contribution in [3.05, 3.63) is 70.0 Å². The second-order valence-corrected chi connectivity index (χ2v) is 5.86. The Labute approximate surface area is 169 Å². The minimum Gasteiger partial charge on any atom is -0.392 e. The number of aliphatic imine (C=N–C) groups is 1. The van der Waals surface area contributed by atoms with Gasteiger partial charge in [-0.25, -0.2) is 4.39 Å². The summed E-state index contributed by atoms with van der Waals surface area (Å²) < 4.78 is 13.4. The van der Waals surface area contributed by atoms with Crippen molar-refractivity contribution in [3.63, 3.8) is 0 Å². The lowest BCUT2D eigenvalue weighted by atomic mass is 10.1. The Balaban J connectivity index is 0.00000312. The molecule has 3 N–H and O–H groups in total. The molecule has 0 radical (unpaired) electrons. The van der Waals surface area contributed by atoms with Gasteiger partial charge in [-0.1, -0.05) is 29.8 Å². The van der Waals surface area contributed by atoms with Crippen molar-refractivity contribution in [2.24, 2.45) is 4.99 Å². The van der Waals surface area contributed by atoms with Crippen LogP contribution in [-0.4, -0.2) is 18.1 Å². The van der Waals surface area contributed by atoms with E-state index in [9.17, 15) is 4.39 Å². The maximum absolute atomic E-state index is 13.4. The number of nitrogens with one attached hydrogen (secondary N) is 2. The van der Waals surface area contributed by atoms with Crippen molar-refractivity contribution >= 4 is 41.5 Å². The number of benzene rings is 2. The summed E-state index contributed by atoms with van der Waals surface area (Å²) in [5.41, 5.74) is 2.24. The van der Waals surface area contributed by atoms with Crippen LogP contribution in [0.4, 0.5) is 4.39 Å². The minimum absolute atomic E-state index is 0. The SMILES string of the molecule is CN=C(NCc1ccc(F)c(CO)c1)NC(C)c1ccc(Cl)cc1.I. The molecule has 0 saturated carbocycles. The molecule has 2 aromatic carbocycles. The van der Waals surface area contributed by atoms with Gasteiger partial charge in [0.2, 0.25) is 0 Å². The zero-order valence-corrected chi connectivity index (χ0v) is 17.2. The smallest absolute Gasteiger partial charge is 0.191 e. The Hall–Kier alpha value is -1.38. The molecule has 0 amide bonds. The van der Waals surface area contributed by atoms with Gasteiger partial charge in [0.25, 0.3) is 0 Å². The highest BCUT2D eigenvalue weighted by atomic mass is 127. The molecule has 2 aromatic rings. The summed E-state index contributed by atoms with van der Waals surface area (Å²) in [5, 5.41) is 16.3. The second-order valence-electron chi connectivity index (χ2n) is 5.43. The van der Waals surface area contributed by atoms with Crippen LogP contribution in [0.1, 0.15) is 29.7 Å². The zero-order valence-electron chi connectivity index (χ0n) is 14.1. The number of aliphatic hydroxyl groups excluding tert-OH is 1. The standard InChI is InChI=1S/C18H21ClFN3O.HI/c1-12(14-4-6-16(19)7-5-14)23-18(21-2)22-10-13-3-8-17(20)15(9-13)11-24;/h3-9,12,24H,10-11H2,1-2H3,(H2,21,22,23);1H. The molecule has 0 heterocycles. The van der Waals surface area contributed by atoms with Crippen molar-refractivity contribution in [3.8, 4) is 0 Å². The average molecular weight is 478 g/mol. The summed E-state index contributed by atoms with van der Waals surface area (Å²) in [7, 11) is 1.69. The van der Waals surface area contributed by atoms with Crippen molar-refractivity contribution in [2.75, 3.05) is 7.05 Å². The molecular formula is C18H22ClFIN3O. The largest absolute Gasteiger partial charge is 0.392 e. The third kappa shape index (κ3) is 6.45. The van der Waals surface area contributed by atoms with E-state index < -0.39 is 5.82 Å². The van der Waals surface area contributed by atoms with Gasteiger partial charge < -0.3 is 15.7 Å². The highest BCUT2D eigenvalue weighted by Crippen LogP contribution is 2.16. The number of halogens is 3. The maximum Gasteiger partial charge on any atom is 0.191 e. The van der Waals surface area contributed by atoms with Crippen LogP contribution in [0.2, 0.25) is 5.02 Å². The molecule has 0 spiro atoms. The molecule has 7 heteroatoms. The fourth-order valence-electron chi connectivity index (χ4n) is 2.28. The van der Waals surface area contributed by atoms with E-state index in [0.29, 0.717) is 17.5 Å². The second kappa shape index (κ2) is 10.6. The summed E-state index contributed by atoms with van der Waals surface area (Å²) in [4.78, 5) is 4.19. The molecule has 0 aliphatic rings. The lowest BCUT2D eigenvalue weighted by Gasteiger charge is -2.18. The van der Waals surface area contributed by atoms with Crippen molar-refractivity contribution in [2.45, 2.75) is 26.1 Å². The van der Waals surface area contributed by atoms with Gasteiger partial charge in [-0.15, -0.1) is 24.0 Å². The number of aliphatic hydroxyl groups is 1. The lowest BCUT2D eigenvalue weighted by molar-refractivity contribution is 0.275. The highest BCUT2D eigenvalue weighted by molar-refractivity contribution is 14.0. The van der Waals surface area contributed by atoms with E-state index in [0.717, 1.165) is 11.1 Å². The first-order valence-corrected chi connectivity index (χ1v) is 8.02. The van der Waals surface area contributed by atoms with E-state index >= 15 is 0 Å². The van der Waals surface area contributed by atoms with Crippen LogP contribution in [0.5, 0.6) is 0 Å². The topological polar surface area (TPSA) is 56.7 Å². The van der Waals surface area contributed by atoms with Crippen LogP contribution >= 0.6 is 35.6 Å². The first-order chi connectivity index (χ1) is 11.5. The zero-order chi connectivity index (χ0) is 17.5. The summed E-state index contributed by atoms with van der Waals surface area (Å²) in [6.45, 7) is 2.18. The third-order valence-electron chi connectivity index (χ3n) is 3.69. The van der Waals surface area contributed by atoms with Crippen LogP contribution in [0.25, 0.3) is 0 Å². The minimum atomic E-state index is -0.403. The molecule has 1 atom stereocenters. The van der Waals surface area contributed by atoms with E-state index in [1.807, 2.05) is 31.2 Å². The molecule has 0 saturated heterocycles. The molecule has 0 fully saturated rings. The molecule has 0 bridgehead atoms. The molecule has 2 rings (SSSR count). The first-order valence-electron chi connectivity index (χ1n) is 7.64. The molecule has 0 aliphatic carbocycles. The van der Waals surface area contributed by atoms with Gasteiger partial charge in [-0.3, -0.25) is 4.99 Å². The van der Waals surface area contributed by atoms with E-state index in [4.69, 9.17) is 16.7 Å². The summed E-state index contributed by atoms with van der Waals surface area (Å²) in [6, 6.07) is 12.3. The average Bonchev–Trinajstić information content (AvgIpc) is 2.60. The molecule has 0 aliphatic heterocycles. The van der Waals surface area contributed by atoms with Gasteiger partial charge in [0.15, 0.2) is 5.96 Å². The molecule has 1 unspecified atom stereocenters. The third-order valence-corrected chi connectivity index (χ3v) is 3.94. The van der Waals surface area contributed by atoms with Gasteiger partial charge in [0, 0.05) is 24.2 Å². The van der Waals surface area contributed by atoms with Crippen LogP contribution in [0.3, 0.4) is 0 Å². The van der Waals surface area contributed by atoms with Crippen LogP contribution in [0.15, 0.2) is 47.5 Å². The quantitative estimate of drug-likeness (QED) is 0.346. The van der Waals surface area contributed by atoms with Gasteiger partial charge in [-0.05, 0) is 42.3 Å². The number of hydrogen-bond acceptors (Lipinski definition) is 2. The van der Waals surface area contributed by atoms with Crippen molar-refractivity contribution in [1.29, 1.82) is 0 Å². The normalized spacial score (nSPS) is 12.3. The summed E-state index contributed by atoms with van der Waals surface area (Å²) >= 11 is 5.90. The number of guanidine groups is 1. The lowest BCUT2D eigenvalue weighted by Crippen LogP contribution is -2.38. The van der Waals surface area contributed by atoms with Crippen LogP contribution < -0.4 is 10.6 Å². The fraction of sp³-hybridized carbons (Fsp3) is 0.278. The van der Waals surface area contributed by atoms with E-state index in [1.54, 1.807) is 19.2 Å². The monoisotopic (exact) mass is 477 g/mol. The predicted molar refractivity (Wildman–Crippen MR) is 111 cm³/mol. The van der Waals surface area contributed by atoms with E-state index in [-0.39, 0.29) is 42.2 Å². The van der Waals surface area contributed by atoms with E-state index in [2.05, 4.69) is 15.6 Å². The number of hydrogen-bond donors (Lipinski definition) is 3. The Bertz CT molecular complexity index is 710. The molecule has 136 valence electrons. The molecular weight excluding hydrogens is 456 g/mol.